The molecular weight excluding hydrogens is 232 g/mol. The Morgan fingerprint density at radius 3 is 1.94 bits per heavy atom. The highest BCUT2D eigenvalue weighted by Gasteiger charge is 2.27. The van der Waals surface area contributed by atoms with Gasteiger partial charge in [0, 0.05) is 13.2 Å². The molecule has 0 aromatic rings. The summed E-state index contributed by atoms with van der Waals surface area (Å²) < 4.78 is 12.0. The van der Waals surface area contributed by atoms with Gasteiger partial charge in [0.15, 0.2) is 17.4 Å². The fourth-order valence-electron chi connectivity index (χ4n) is 1.56. The molecule has 1 atom stereocenters. The molecule has 0 fully saturated rings. The van der Waals surface area contributed by atoms with E-state index in [9.17, 15) is 0 Å². The summed E-state index contributed by atoms with van der Waals surface area (Å²) in [5, 5.41) is 0. The number of hydrogen-bond donors (Lipinski definition) is 0. The lowest BCUT2D eigenvalue weighted by atomic mass is 10.2. The van der Waals surface area contributed by atoms with Gasteiger partial charge >= 0.3 is 0 Å². The summed E-state index contributed by atoms with van der Waals surface area (Å²) in [5.41, 5.74) is 1.23. The summed E-state index contributed by atoms with van der Waals surface area (Å²) >= 11 is 0. The molecule has 0 saturated heterocycles. The minimum atomic E-state index is -1.46. The summed E-state index contributed by atoms with van der Waals surface area (Å²) in [6.07, 6.45) is 0. The average Bonchev–Trinajstić information content (AvgIpc) is 2.11. The molecule has 0 aromatic carbocycles. The maximum atomic E-state index is 6.06. The zero-order chi connectivity index (χ0) is 12.8. The summed E-state index contributed by atoms with van der Waals surface area (Å²) in [6, 6.07) is 0. The van der Waals surface area contributed by atoms with Crippen molar-refractivity contribution in [1.29, 1.82) is 0 Å². The van der Waals surface area contributed by atoms with E-state index in [4.69, 9.17) is 8.85 Å². The second-order valence-corrected chi connectivity index (χ2v) is 13.6. The molecule has 0 aliphatic heterocycles. The SMILES string of the molecule is CC(C)CO[SiH](C)C[Si](C)(C)OCC(C)C. The Labute approximate surface area is 105 Å². The Morgan fingerprint density at radius 1 is 1.00 bits per heavy atom. The topological polar surface area (TPSA) is 18.5 Å². The van der Waals surface area contributed by atoms with Crippen LogP contribution in [0.4, 0.5) is 0 Å². The minimum Gasteiger partial charge on any atom is -0.420 e. The van der Waals surface area contributed by atoms with E-state index in [0.29, 0.717) is 11.8 Å². The molecule has 0 aromatic heterocycles. The summed E-state index contributed by atoms with van der Waals surface area (Å²) in [6.45, 7) is 17.6. The molecule has 0 aliphatic rings. The molecule has 1 unspecified atom stereocenters. The fourth-order valence-corrected chi connectivity index (χ4v) is 9.54. The molecule has 0 aliphatic carbocycles. The zero-order valence-electron chi connectivity index (χ0n) is 12.2. The first kappa shape index (κ1) is 16.4. The van der Waals surface area contributed by atoms with E-state index in [1.807, 2.05) is 0 Å². The van der Waals surface area contributed by atoms with Crippen molar-refractivity contribution in [3.8, 4) is 0 Å². The predicted octanol–water partition coefficient (Wildman–Crippen LogP) is 3.43. The Bertz CT molecular complexity index is 182. The van der Waals surface area contributed by atoms with Crippen molar-refractivity contribution in [2.24, 2.45) is 11.8 Å². The molecule has 2 nitrogen and oxygen atoms in total. The molecule has 0 rings (SSSR count). The molecule has 0 N–H and O–H groups in total. The third-order valence-electron chi connectivity index (χ3n) is 2.30. The lowest BCUT2D eigenvalue weighted by Crippen LogP contribution is -2.38. The third kappa shape index (κ3) is 9.57. The van der Waals surface area contributed by atoms with Crippen molar-refractivity contribution in [3.63, 3.8) is 0 Å². The molecule has 4 heteroatoms. The van der Waals surface area contributed by atoms with Crippen molar-refractivity contribution in [2.75, 3.05) is 13.2 Å². The van der Waals surface area contributed by atoms with Crippen molar-refractivity contribution < 1.29 is 8.85 Å². The van der Waals surface area contributed by atoms with Crippen LogP contribution in [-0.2, 0) is 8.85 Å². The van der Waals surface area contributed by atoms with Crippen LogP contribution in [-0.4, -0.2) is 30.6 Å². The maximum absolute atomic E-state index is 6.06. The Kier molecular flexibility index (Phi) is 7.80. The standard InChI is InChI=1S/C12H30O2Si2/c1-11(2)8-13-15(5)10-16(6,7)14-9-12(3)4/h11-12,15H,8-10H2,1-7H3. The molecule has 98 valence electrons. The van der Waals surface area contributed by atoms with Gasteiger partial charge in [0.2, 0.25) is 0 Å². The predicted molar refractivity (Wildman–Crippen MR) is 76.9 cm³/mol. The van der Waals surface area contributed by atoms with E-state index < -0.39 is 17.4 Å². The van der Waals surface area contributed by atoms with Crippen LogP contribution in [0.5, 0.6) is 0 Å². The van der Waals surface area contributed by atoms with Crippen LogP contribution in [0.15, 0.2) is 0 Å². The minimum absolute atomic E-state index is 0.639. The first-order valence-electron chi connectivity index (χ1n) is 6.48. The lowest BCUT2D eigenvalue weighted by Gasteiger charge is -2.27. The van der Waals surface area contributed by atoms with Gasteiger partial charge in [-0.15, -0.1) is 0 Å². The van der Waals surface area contributed by atoms with Crippen molar-refractivity contribution in [1.82, 2.24) is 0 Å². The van der Waals surface area contributed by atoms with Gasteiger partial charge < -0.3 is 8.85 Å². The van der Waals surface area contributed by atoms with Crippen LogP contribution >= 0.6 is 0 Å². The van der Waals surface area contributed by atoms with Gasteiger partial charge in [0.25, 0.3) is 0 Å². The van der Waals surface area contributed by atoms with Crippen molar-refractivity contribution >= 4 is 17.4 Å². The lowest BCUT2D eigenvalue weighted by molar-refractivity contribution is 0.256. The Hall–Kier alpha value is 0.354. The van der Waals surface area contributed by atoms with Crippen LogP contribution in [0.25, 0.3) is 0 Å². The Balaban J connectivity index is 3.85. The van der Waals surface area contributed by atoms with Crippen LogP contribution in [0.3, 0.4) is 0 Å². The van der Waals surface area contributed by atoms with Gasteiger partial charge in [-0.25, -0.2) is 0 Å². The van der Waals surface area contributed by atoms with Crippen LogP contribution < -0.4 is 0 Å². The quantitative estimate of drug-likeness (QED) is 0.624. The molecule has 0 spiro atoms. The second-order valence-electron chi connectivity index (χ2n) is 6.21. The normalized spacial score (nSPS) is 14.8. The highest BCUT2D eigenvalue weighted by Crippen LogP contribution is 2.15. The molecule has 0 heterocycles. The molecule has 0 saturated carbocycles. The molecular formula is C12H30O2Si2. The van der Waals surface area contributed by atoms with Gasteiger partial charge in [0.1, 0.15) is 0 Å². The third-order valence-corrected chi connectivity index (χ3v) is 10.2. The van der Waals surface area contributed by atoms with Crippen LogP contribution in [0.2, 0.25) is 25.3 Å². The van der Waals surface area contributed by atoms with E-state index in [1.54, 1.807) is 0 Å². The van der Waals surface area contributed by atoms with E-state index >= 15 is 0 Å². The van der Waals surface area contributed by atoms with Gasteiger partial charge in [-0.2, -0.15) is 0 Å². The largest absolute Gasteiger partial charge is 0.420 e. The summed E-state index contributed by atoms with van der Waals surface area (Å²) in [5.74, 6) is 1.29. The average molecular weight is 263 g/mol. The Morgan fingerprint density at radius 2 is 1.50 bits per heavy atom. The van der Waals surface area contributed by atoms with Gasteiger partial charge in [-0.1, -0.05) is 27.7 Å². The first-order chi connectivity index (χ1) is 7.23. The van der Waals surface area contributed by atoms with E-state index in [2.05, 4.69) is 47.3 Å². The van der Waals surface area contributed by atoms with Crippen molar-refractivity contribution in [2.45, 2.75) is 53.0 Å². The van der Waals surface area contributed by atoms with Crippen LogP contribution in [0.1, 0.15) is 27.7 Å². The molecule has 0 radical (unpaired) electrons. The number of hydrogen-bond acceptors (Lipinski definition) is 2. The smallest absolute Gasteiger partial charge is 0.186 e. The monoisotopic (exact) mass is 262 g/mol. The molecule has 16 heavy (non-hydrogen) atoms. The highest BCUT2D eigenvalue weighted by atomic mass is 28.4. The molecule has 0 bridgehead atoms. The van der Waals surface area contributed by atoms with Gasteiger partial charge in [0.05, 0.1) is 0 Å². The molecule has 0 amide bonds. The van der Waals surface area contributed by atoms with Crippen molar-refractivity contribution in [3.05, 3.63) is 0 Å². The maximum Gasteiger partial charge on any atom is 0.186 e. The summed E-state index contributed by atoms with van der Waals surface area (Å²) in [4.78, 5) is 0. The zero-order valence-corrected chi connectivity index (χ0v) is 14.3. The summed E-state index contributed by atoms with van der Waals surface area (Å²) in [7, 11) is -2.47. The highest BCUT2D eigenvalue weighted by molar-refractivity contribution is 6.82. The van der Waals surface area contributed by atoms with E-state index in [0.717, 1.165) is 13.2 Å². The van der Waals surface area contributed by atoms with E-state index in [-0.39, 0.29) is 0 Å². The first-order valence-corrected chi connectivity index (χ1v) is 12.0. The van der Waals surface area contributed by atoms with Gasteiger partial charge in [-0.05, 0) is 37.1 Å². The second kappa shape index (κ2) is 7.64. The van der Waals surface area contributed by atoms with Gasteiger partial charge in [-0.3, -0.25) is 0 Å². The van der Waals surface area contributed by atoms with E-state index in [1.165, 1.54) is 5.67 Å². The van der Waals surface area contributed by atoms with Crippen LogP contribution in [0, 0.1) is 11.8 Å². The fraction of sp³-hybridized carbons (Fsp3) is 1.00. The number of rotatable bonds is 8.